The Morgan fingerprint density at radius 2 is 1.91 bits per heavy atom. The molecule has 0 aromatic heterocycles. The zero-order chi connectivity index (χ0) is 18.0. The second-order valence-corrected chi connectivity index (χ2v) is 5.50. The fraction of sp³-hybridized carbons (Fsp3) is 0.667. The van der Waals surface area contributed by atoms with Gasteiger partial charge in [0.25, 0.3) is 0 Å². The number of esters is 2. The van der Waals surface area contributed by atoms with Crippen LogP contribution in [-0.2, 0) is 19.1 Å². The number of hydrogen-bond acceptors (Lipinski definition) is 5. The third-order valence-electron chi connectivity index (χ3n) is 3.94. The Hall–Kier alpha value is -1.62. The predicted molar refractivity (Wildman–Crippen MR) is 89.8 cm³/mol. The Balaban J connectivity index is 0.00000232. The molecular weight excluding hydrogens is 296 g/mol. The summed E-state index contributed by atoms with van der Waals surface area (Å²) in [5.41, 5.74) is 0.661. The van der Waals surface area contributed by atoms with E-state index in [1.165, 1.54) is 7.11 Å². The summed E-state index contributed by atoms with van der Waals surface area (Å²) in [5.74, 6) is -0.724. The van der Waals surface area contributed by atoms with Crippen LogP contribution >= 0.6 is 0 Å². The quantitative estimate of drug-likeness (QED) is 0.759. The van der Waals surface area contributed by atoms with E-state index < -0.39 is 17.5 Å². The first kappa shape index (κ1) is 21.4. The SMILES string of the molecule is CC.CCOC(=O)C(C)(CC1=CC=C(C(=O)OC)CC1)C(C)O. The lowest BCUT2D eigenvalue weighted by atomic mass is 9.77. The van der Waals surface area contributed by atoms with Gasteiger partial charge in [-0.15, -0.1) is 0 Å². The highest BCUT2D eigenvalue weighted by molar-refractivity contribution is 5.89. The first-order chi connectivity index (χ1) is 10.8. The molecule has 0 aromatic carbocycles. The number of rotatable bonds is 6. The van der Waals surface area contributed by atoms with Crippen LogP contribution in [0.4, 0.5) is 0 Å². The van der Waals surface area contributed by atoms with Gasteiger partial charge in [-0.2, -0.15) is 0 Å². The molecule has 0 aliphatic heterocycles. The molecule has 0 aromatic rings. The lowest BCUT2D eigenvalue weighted by Crippen LogP contribution is -2.40. The molecule has 1 rings (SSSR count). The van der Waals surface area contributed by atoms with E-state index in [0.717, 1.165) is 5.57 Å². The standard InChI is InChI=1S/C16H24O5.C2H6/c1-5-21-15(19)16(3,11(2)17)10-12-6-8-13(9-7-12)14(18)20-4;1-2/h6,8,11,17H,5,7,9-10H2,1-4H3;1-2H3. The second-order valence-electron chi connectivity index (χ2n) is 5.50. The highest BCUT2D eigenvalue weighted by atomic mass is 16.5. The van der Waals surface area contributed by atoms with Gasteiger partial charge in [0.2, 0.25) is 0 Å². The Morgan fingerprint density at radius 3 is 2.30 bits per heavy atom. The number of aliphatic hydroxyl groups excluding tert-OH is 1. The maximum atomic E-state index is 12.1. The molecule has 1 aliphatic rings. The lowest BCUT2D eigenvalue weighted by molar-refractivity contribution is -0.160. The Labute approximate surface area is 139 Å². The van der Waals surface area contributed by atoms with Crippen LogP contribution < -0.4 is 0 Å². The van der Waals surface area contributed by atoms with Gasteiger partial charge in [0, 0.05) is 5.57 Å². The van der Waals surface area contributed by atoms with Crippen molar-refractivity contribution in [3.63, 3.8) is 0 Å². The highest BCUT2D eigenvalue weighted by Crippen LogP contribution is 2.35. The van der Waals surface area contributed by atoms with E-state index in [1.807, 2.05) is 19.9 Å². The smallest absolute Gasteiger partial charge is 0.333 e. The van der Waals surface area contributed by atoms with Crippen LogP contribution in [0.25, 0.3) is 0 Å². The van der Waals surface area contributed by atoms with Crippen molar-refractivity contribution in [3.8, 4) is 0 Å². The summed E-state index contributed by atoms with van der Waals surface area (Å²) < 4.78 is 9.75. The lowest BCUT2D eigenvalue weighted by Gasteiger charge is -2.31. The molecule has 132 valence electrons. The molecule has 0 amide bonds. The Kier molecular flexibility index (Phi) is 9.49. The van der Waals surface area contributed by atoms with E-state index >= 15 is 0 Å². The van der Waals surface area contributed by atoms with E-state index in [0.29, 0.717) is 24.8 Å². The maximum Gasteiger partial charge on any atom is 0.333 e. The van der Waals surface area contributed by atoms with E-state index in [-0.39, 0.29) is 12.6 Å². The molecular formula is C18H30O5. The van der Waals surface area contributed by atoms with E-state index in [2.05, 4.69) is 4.74 Å². The number of aliphatic hydroxyl groups is 1. The van der Waals surface area contributed by atoms with Crippen molar-refractivity contribution in [2.75, 3.05) is 13.7 Å². The van der Waals surface area contributed by atoms with Crippen molar-refractivity contribution in [2.45, 2.75) is 60.0 Å². The van der Waals surface area contributed by atoms with Gasteiger partial charge in [-0.3, -0.25) is 4.79 Å². The van der Waals surface area contributed by atoms with Crippen molar-refractivity contribution in [2.24, 2.45) is 5.41 Å². The van der Waals surface area contributed by atoms with Crippen molar-refractivity contribution in [3.05, 3.63) is 23.3 Å². The monoisotopic (exact) mass is 326 g/mol. The van der Waals surface area contributed by atoms with Gasteiger partial charge in [0.1, 0.15) is 0 Å². The first-order valence-electron chi connectivity index (χ1n) is 8.17. The number of carbonyl (C=O) groups is 2. The number of carbonyl (C=O) groups excluding carboxylic acids is 2. The topological polar surface area (TPSA) is 72.8 Å². The molecule has 0 bridgehead atoms. The Bertz CT molecular complexity index is 462. The maximum absolute atomic E-state index is 12.1. The first-order valence-corrected chi connectivity index (χ1v) is 8.17. The van der Waals surface area contributed by atoms with E-state index in [1.54, 1.807) is 26.8 Å². The third kappa shape index (κ3) is 5.82. The zero-order valence-corrected chi connectivity index (χ0v) is 15.1. The van der Waals surface area contributed by atoms with Crippen molar-refractivity contribution < 1.29 is 24.2 Å². The fourth-order valence-electron chi connectivity index (χ4n) is 2.29. The molecule has 23 heavy (non-hydrogen) atoms. The molecule has 2 atom stereocenters. The summed E-state index contributed by atoms with van der Waals surface area (Å²) in [7, 11) is 1.35. The largest absolute Gasteiger partial charge is 0.466 e. The third-order valence-corrected chi connectivity index (χ3v) is 3.94. The van der Waals surface area contributed by atoms with E-state index in [9.17, 15) is 14.7 Å². The Morgan fingerprint density at radius 1 is 1.30 bits per heavy atom. The zero-order valence-electron chi connectivity index (χ0n) is 15.1. The predicted octanol–water partition coefficient (Wildman–Crippen LogP) is 3.17. The molecule has 2 unspecified atom stereocenters. The minimum atomic E-state index is -0.974. The second kappa shape index (κ2) is 10.2. The van der Waals surface area contributed by atoms with Crippen LogP contribution in [0, 0.1) is 5.41 Å². The van der Waals surface area contributed by atoms with Crippen LogP contribution in [0.1, 0.15) is 53.9 Å². The van der Waals surface area contributed by atoms with Crippen LogP contribution in [0.2, 0.25) is 0 Å². The minimum Gasteiger partial charge on any atom is -0.466 e. The number of allylic oxidation sites excluding steroid dienone is 3. The van der Waals surface area contributed by atoms with Gasteiger partial charge < -0.3 is 14.6 Å². The van der Waals surface area contributed by atoms with Gasteiger partial charge in [0.05, 0.1) is 25.2 Å². The summed E-state index contributed by atoms with van der Waals surface area (Å²) in [5, 5.41) is 9.96. The number of methoxy groups -OCH3 is 1. The molecule has 1 N–H and O–H groups in total. The minimum absolute atomic E-state index is 0.284. The van der Waals surface area contributed by atoms with Crippen molar-refractivity contribution in [1.82, 2.24) is 0 Å². The van der Waals surface area contributed by atoms with Gasteiger partial charge in [-0.25, -0.2) is 4.79 Å². The van der Waals surface area contributed by atoms with Crippen LogP contribution in [-0.4, -0.2) is 36.9 Å². The summed E-state index contributed by atoms with van der Waals surface area (Å²) in [6, 6.07) is 0. The van der Waals surface area contributed by atoms with Crippen LogP contribution in [0.15, 0.2) is 23.3 Å². The fourth-order valence-corrected chi connectivity index (χ4v) is 2.29. The van der Waals surface area contributed by atoms with Crippen molar-refractivity contribution in [1.29, 1.82) is 0 Å². The van der Waals surface area contributed by atoms with Crippen molar-refractivity contribution >= 4 is 11.9 Å². The number of hydrogen-bond donors (Lipinski definition) is 1. The summed E-state index contributed by atoms with van der Waals surface area (Å²) in [4.78, 5) is 23.5. The molecule has 0 fully saturated rings. The average Bonchev–Trinajstić information content (AvgIpc) is 2.56. The molecule has 0 heterocycles. The van der Waals surface area contributed by atoms with Gasteiger partial charge in [-0.05, 0) is 40.0 Å². The molecule has 5 nitrogen and oxygen atoms in total. The molecule has 0 saturated carbocycles. The van der Waals surface area contributed by atoms with Crippen LogP contribution in [0.5, 0.6) is 0 Å². The van der Waals surface area contributed by atoms with Gasteiger partial charge >= 0.3 is 11.9 Å². The molecule has 5 heteroatoms. The van der Waals surface area contributed by atoms with Gasteiger partial charge in [-0.1, -0.05) is 31.6 Å². The summed E-state index contributed by atoms with van der Waals surface area (Å²) >= 11 is 0. The summed E-state index contributed by atoms with van der Waals surface area (Å²) in [6.45, 7) is 9.32. The average molecular weight is 326 g/mol. The van der Waals surface area contributed by atoms with Gasteiger partial charge in [0.15, 0.2) is 0 Å². The van der Waals surface area contributed by atoms with Crippen LogP contribution in [0.3, 0.4) is 0 Å². The number of ether oxygens (including phenoxy) is 2. The molecule has 0 saturated heterocycles. The normalized spacial score (nSPS) is 17.5. The molecule has 0 spiro atoms. The van der Waals surface area contributed by atoms with E-state index in [4.69, 9.17) is 4.74 Å². The molecule has 0 radical (unpaired) electrons. The summed E-state index contributed by atoms with van der Waals surface area (Å²) in [6.07, 6.45) is 4.39. The highest BCUT2D eigenvalue weighted by Gasteiger charge is 2.40. The molecule has 1 aliphatic carbocycles.